The zero-order valence-electron chi connectivity index (χ0n) is 21.6. The second-order valence-corrected chi connectivity index (χ2v) is 10.7. The van der Waals surface area contributed by atoms with E-state index in [0.717, 1.165) is 29.5 Å². The third-order valence-corrected chi connectivity index (χ3v) is 8.13. The van der Waals surface area contributed by atoms with Gasteiger partial charge in [0.1, 0.15) is 22.1 Å². The van der Waals surface area contributed by atoms with E-state index in [2.05, 4.69) is 22.2 Å². The van der Waals surface area contributed by atoms with Crippen molar-refractivity contribution in [2.24, 2.45) is 0 Å². The van der Waals surface area contributed by atoms with Crippen LogP contribution in [0.4, 0.5) is 21.9 Å². The van der Waals surface area contributed by atoms with Gasteiger partial charge in [-0.05, 0) is 54.8 Å². The van der Waals surface area contributed by atoms with Crippen molar-refractivity contribution in [3.05, 3.63) is 90.0 Å². The Morgan fingerprint density at radius 1 is 1.15 bits per heavy atom. The zero-order chi connectivity index (χ0) is 27.6. The zero-order valence-corrected chi connectivity index (χ0v) is 22.4. The van der Waals surface area contributed by atoms with Crippen molar-refractivity contribution < 1.29 is 19.1 Å². The first-order valence-electron chi connectivity index (χ1n) is 13.0. The van der Waals surface area contributed by atoms with Crippen LogP contribution in [-0.4, -0.2) is 46.9 Å². The Labute approximate surface area is 235 Å². The van der Waals surface area contributed by atoms with E-state index in [-0.39, 0.29) is 23.9 Å². The van der Waals surface area contributed by atoms with Crippen molar-refractivity contribution in [3.8, 4) is 5.75 Å². The van der Waals surface area contributed by atoms with Gasteiger partial charge in [0.2, 0.25) is 5.91 Å². The molecule has 2 aromatic carbocycles. The minimum atomic E-state index is -0.360. The normalized spacial score (nSPS) is 16.4. The minimum Gasteiger partial charge on any atom is -0.489 e. The molecule has 2 aliphatic heterocycles. The summed E-state index contributed by atoms with van der Waals surface area (Å²) in [6, 6.07) is 18.4. The Morgan fingerprint density at radius 2 is 1.95 bits per heavy atom. The maximum atomic E-state index is 13.4. The topological polar surface area (TPSA) is 104 Å². The fourth-order valence-electron chi connectivity index (χ4n) is 5.10. The summed E-state index contributed by atoms with van der Waals surface area (Å²) < 4.78 is 5.83. The molecule has 0 aliphatic carbocycles. The van der Waals surface area contributed by atoms with Gasteiger partial charge in [-0.1, -0.05) is 36.9 Å². The van der Waals surface area contributed by atoms with E-state index in [4.69, 9.17) is 4.74 Å². The lowest BCUT2D eigenvalue weighted by atomic mass is 10.1. The number of nitrogens with zero attached hydrogens (tertiary/aromatic N) is 3. The molecule has 1 saturated heterocycles. The summed E-state index contributed by atoms with van der Waals surface area (Å²) in [5.74, 6) is 0.351. The third kappa shape index (κ3) is 4.89. The number of thiophene rings is 1. The number of anilines is 3. The van der Waals surface area contributed by atoms with Crippen molar-refractivity contribution in [1.29, 1.82) is 0 Å². The van der Waals surface area contributed by atoms with Crippen LogP contribution in [0.25, 0.3) is 10.2 Å². The third-order valence-electron chi connectivity index (χ3n) is 7.04. The van der Waals surface area contributed by atoms with Gasteiger partial charge in [0.15, 0.2) is 0 Å². The number of nitrogens with one attached hydrogen (secondary N) is 2. The molecule has 2 aliphatic rings. The van der Waals surface area contributed by atoms with E-state index in [9.17, 15) is 14.4 Å². The van der Waals surface area contributed by atoms with Crippen LogP contribution in [0.1, 0.15) is 28.1 Å². The van der Waals surface area contributed by atoms with Crippen molar-refractivity contribution in [1.82, 2.24) is 15.2 Å². The number of likely N-dealkylation sites (tertiary alicyclic amines) is 1. The van der Waals surface area contributed by atoms with Gasteiger partial charge >= 0.3 is 6.03 Å². The van der Waals surface area contributed by atoms with Crippen LogP contribution in [0.3, 0.4) is 0 Å². The molecule has 1 atom stereocenters. The van der Waals surface area contributed by atoms with Crippen molar-refractivity contribution in [2.75, 3.05) is 23.3 Å². The summed E-state index contributed by atoms with van der Waals surface area (Å²) in [5, 5.41) is 6.70. The molecule has 0 radical (unpaired) electrons. The lowest BCUT2D eigenvalue weighted by molar-refractivity contribution is -0.127. The number of piperidine rings is 1. The summed E-state index contributed by atoms with van der Waals surface area (Å²) in [7, 11) is 0. The fraction of sp³-hybridized carbons (Fsp3) is 0.200. The monoisotopic (exact) mass is 553 g/mol. The first kappa shape index (κ1) is 25.6. The maximum Gasteiger partial charge on any atom is 0.331 e. The van der Waals surface area contributed by atoms with Gasteiger partial charge in [0.05, 0.1) is 22.4 Å². The first-order valence-corrected chi connectivity index (χ1v) is 13.8. The molecule has 0 unspecified atom stereocenters. The predicted molar refractivity (Wildman–Crippen MR) is 155 cm³/mol. The van der Waals surface area contributed by atoms with E-state index >= 15 is 0 Å². The van der Waals surface area contributed by atoms with Crippen molar-refractivity contribution in [2.45, 2.75) is 25.5 Å². The number of carbonyl (C=O) groups excluding carboxylic acids is 3. The molecule has 0 spiro atoms. The van der Waals surface area contributed by atoms with Crippen LogP contribution in [0.5, 0.6) is 5.75 Å². The number of para-hydroxylation sites is 1. The highest BCUT2D eigenvalue weighted by Gasteiger charge is 2.33. The minimum absolute atomic E-state index is 0.145. The Bertz CT molecular complexity index is 1600. The van der Waals surface area contributed by atoms with E-state index in [1.54, 1.807) is 22.1 Å². The van der Waals surface area contributed by atoms with Crippen molar-refractivity contribution >= 4 is 56.5 Å². The molecule has 9 nitrogen and oxygen atoms in total. The quantitative estimate of drug-likeness (QED) is 0.296. The van der Waals surface area contributed by atoms with Crippen LogP contribution in [-0.2, 0) is 11.4 Å². The number of urea groups is 1. The van der Waals surface area contributed by atoms with Crippen LogP contribution < -0.4 is 20.3 Å². The number of aromatic nitrogens is 1. The number of rotatable bonds is 7. The SMILES string of the molecule is C=CC(=O)N1CCC[C@@H](NC(=O)c2sc3nccc4c3c2NC(=O)N4c2ccc(COc3ccccc3)cc2)C1. The predicted octanol–water partition coefficient (Wildman–Crippen LogP) is 5.47. The molecule has 2 N–H and O–H groups in total. The summed E-state index contributed by atoms with van der Waals surface area (Å²) in [4.78, 5) is 47.6. The first-order chi connectivity index (χ1) is 19.5. The smallest absolute Gasteiger partial charge is 0.331 e. The van der Waals surface area contributed by atoms with Gasteiger partial charge in [-0.2, -0.15) is 0 Å². The van der Waals surface area contributed by atoms with Crippen molar-refractivity contribution in [3.63, 3.8) is 0 Å². The van der Waals surface area contributed by atoms with Crippen LogP contribution in [0.2, 0.25) is 0 Å². The fourth-order valence-corrected chi connectivity index (χ4v) is 6.12. The average molecular weight is 554 g/mol. The number of carbonyl (C=O) groups is 3. The van der Waals surface area contributed by atoms with Gasteiger partial charge in [0, 0.05) is 25.3 Å². The summed E-state index contributed by atoms with van der Waals surface area (Å²) in [6.45, 7) is 5.03. The Kier molecular flexibility index (Phi) is 6.91. The van der Waals surface area contributed by atoms with Crippen LogP contribution >= 0.6 is 11.3 Å². The number of pyridine rings is 1. The van der Waals surface area contributed by atoms with Crippen LogP contribution in [0.15, 0.2) is 79.5 Å². The largest absolute Gasteiger partial charge is 0.489 e. The second kappa shape index (κ2) is 10.8. The highest BCUT2D eigenvalue weighted by Crippen LogP contribution is 2.45. The number of benzene rings is 2. The van der Waals surface area contributed by atoms with Gasteiger partial charge in [0.25, 0.3) is 5.91 Å². The molecule has 4 heterocycles. The Hall–Kier alpha value is -4.70. The summed E-state index contributed by atoms with van der Waals surface area (Å²) in [6.07, 6.45) is 4.50. The molecule has 1 fully saturated rings. The van der Waals surface area contributed by atoms with Crippen LogP contribution in [0, 0.1) is 0 Å². The molecule has 4 aromatic rings. The van der Waals surface area contributed by atoms with E-state index < -0.39 is 0 Å². The average Bonchev–Trinajstić information content (AvgIpc) is 3.36. The van der Waals surface area contributed by atoms with E-state index in [1.807, 2.05) is 54.6 Å². The maximum absolute atomic E-state index is 13.4. The molecule has 0 bridgehead atoms. The lowest BCUT2D eigenvalue weighted by Gasteiger charge is -2.32. The molecular formula is C30H27N5O4S. The molecular weight excluding hydrogens is 526 g/mol. The molecule has 40 heavy (non-hydrogen) atoms. The Balaban J connectivity index is 1.23. The molecule has 202 valence electrons. The number of amides is 4. The highest BCUT2D eigenvalue weighted by atomic mass is 32.1. The number of ether oxygens (including phenoxy) is 1. The summed E-state index contributed by atoms with van der Waals surface area (Å²) in [5.41, 5.74) is 2.78. The number of hydrogen-bond acceptors (Lipinski definition) is 6. The van der Waals surface area contributed by atoms with Gasteiger partial charge < -0.3 is 20.3 Å². The van der Waals surface area contributed by atoms with Gasteiger partial charge in [-0.15, -0.1) is 11.3 Å². The lowest BCUT2D eigenvalue weighted by Crippen LogP contribution is -2.49. The molecule has 2 aromatic heterocycles. The molecule has 10 heteroatoms. The van der Waals surface area contributed by atoms with Gasteiger partial charge in [-0.25, -0.2) is 9.78 Å². The van der Waals surface area contributed by atoms with E-state index in [0.29, 0.717) is 46.5 Å². The molecule has 4 amide bonds. The number of hydrogen-bond donors (Lipinski definition) is 2. The van der Waals surface area contributed by atoms with E-state index in [1.165, 1.54) is 17.4 Å². The second-order valence-electron chi connectivity index (χ2n) is 9.65. The molecule has 6 rings (SSSR count). The summed E-state index contributed by atoms with van der Waals surface area (Å²) >= 11 is 1.24. The Morgan fingerprint density at radius 3 is 2.73 bits per heavy atom. The standard InChI is InChI=1S/C30H27N5O4S/c1-2-24(36)34-16-6-7-20(17-34)32-28(37)27-26-25-23(14-15-31-29(25)40-27)35(30(38)33-26)21-12-10-19(11-13-21)18-39-22-8-4-3-5-9-22/h2-5,8-15,20H,1,6-7,16-18H2,(H,32,37)(H,33,38)/t20-/m1/s1. The molecule has 0 saturated carbocycles. The van der Waals surface area contributed by atoms with Gasteiger partial charge in [-0.3, -0.25) is 14.5 Å². The highest BCUT2D eigenvalue weighted by molar-refractivity contribution is 7.21.